The van der Waals surface area contributed by atoms with Crippen molar-refractivity contribution in [2.24, 2.45) is 5.92 Å². The molecule has 0 spiro atoms. The van der Waals surface area contributed by atoms with Gasteiger partial charge in [-0.1, -0.05) is 25.1 Å². The van der Waals surface area contributed by atoms with Gasteiger partial charge < -0.3 is 4.74 Å². The van der Waals surface area contributed by atoms with E-state index in [9.17, 15) is 9.59 Å². The number of ketones is 1. The smallest absolute Gasteiger partial charge is 0.338 e. The maximum absolute atomic E-state index is 11.8. The number of ether oxygens (including phenoxy) is 1. The molecule has 3 heteroatoms. The minimum atomic E-state index is -0.341. The highest BCUT2D eigenvalue weighted by Crippen LogP contribution is 2.18. The molecule has 18 heavy (non-hydrogen) atoms. The van der Waals surface area contributed by atoms with Crippen LogP contribution in [-0.4, -0.2) is 17.9 Å². The average Bonchev–Trinajstić information content (AvgIpc) is 2.55. The van der Waals surface area contributed by atoms with Crippen LogP contribution in [0.2, 0.25) is 0 Å². The third kappa shape index (κ3) is 3.06. The molecule has 0 saturated heterocycles. The predicted octanol–water partition coefficient (Wildman–Crippen LogP) is 2.77. The molecular formula is C15H16O3. The van der Waals surface area contributed by atoms with Crippen LogP contribution in [0.25, 0.3) is 0 Å². The van der Waals surface area contributed by atoms with Gasteiger partial charge in [0.25, 0.3) is 0 Å². The maximum atomic E-state index is 11.8. The van der Waals surface area contributed by atoms with Gasteiger partial charge in [-0.3, -0.25) is 4.79 Å². The fraction of sp³-hybridized carbons (Fsp3) is 0.333. The molecule has 0 aromatic heterocycles. The molecule has 1 aliphatic rings. The van der Waals surface area contributed by atoms with E-state index in [1.807, 2.05) is 13.0 Å². The molecule has 0 fully saturated rings. The molecule has 3 nitrogen and oxygen atoms in total. The van der Waals surface area contributed by atoms with Gasteiger partial charge in [0.15, 0.2) is 5.78 Å². The number of hydrogen-bond donors (Lipinski definition) is 0. The van der Waals surface area contributed by atoms with Crippen molar-refractivity contribution in [3.8, 4) is 0 Å². The minimum absolute atomic E-state index is 0.0154. The fourth-order valence-corrected chi connectivity index (χ4v) is 1.90. The van der Waals surface area contributed by atoms with E-state index in [0.717, 1.165) is 6.42 Å². The van der Waals surface area contributed by atoms with Crippen molar-refractivity contribution in [1.82, 2.24) is 0 Å². The number of rotatable bonds is 2. The molecule has 0 N–H and O–H groups in total. The van der Waals surface area contributed by atoms with Gasteiger partial charge in [0.05, 0.1) is 5.56 Å². The Morgan fingerprint density at radius 1 is 1.22 bits per heavy atom. The van der Waals surface area contributed by atoms with Crippen LogP contribution in [0, 0.1) is 5.92 Å². The summed E-state index contributed by atoms with van der Waals surface area (Å²) >= 11 is 0. The van der Waals surface area contributed by atoms with Crippen molar-refractivity contribution in [2.75, 3.05) is 0 Å². The zero-order valence-corrected chi connectivity index (χ0v) is 10.3. The Balaban J connectivity index is 2.00. The highest BCUT2D eigenvalue weighted by molar-refractivity contribution is 5.92. The summed E-state index contributed by atoms with van der Waals surface area (Å²) in [6, 6.07) is 8.88. The molecule has 1 aliphatic carbocycles. The highest BCUT2D eigenvalue weighted by atomic mass is 16.5. The lowest BCUT2D eigenvalue weighted by molar-refractivity contribution is -0.117. The van der Waals surface area contributed by atoms with E-state index in [0.29, 0.717) is 12.0 Å². The van der Waals surface area contributed by atoms with E-state index in [4.69, 9.17) is 4.74 Å². The van der Waals surface area contributed by atoms with Crippen LogP contribution in [0.3, 0.4) is 0 Å². The number of hydrogen-bond acceptors (Lipinski definition) is 3. The molecule has 1 aromatic carbocycles. The van der Waals surface area contributed by atoms with Crippen LogP contribution >= 0.6 is 0 Å². The number of esters is 1. The van der Waals surface area contributed by atoms with Gasteiger partial charge in [-0.25, -0.2) is 4.79 Å². The van der Waals surface area contributed by atoms with Crippen LogP contribution in [0.15, 0.2) is 42.5 Å². The molecule has 2 rings (SSSR count). The van der Waals surface area contributed by atoms with Gasteiger partial charge in [-0.2, -0.15) is 0 Å². The normalized spacial score (nSPS) is 23.5. The van der Waals surface area contributed by atoms with E-state index < -0.39 is 0 Å². The summed E-state index contributed by atoms with van der Waals surface area (Å²) in [4.78, 5) is 23.3. The Hall–Kier alpha value is -1.90. The number of carbonyl (C=O) groups is 2. The molecule has 0 radical (unpaired) electrons. The first-order valence-electron chi connectivity index (χ1n) is 6.15. The van der Waals surface area contributed by atoms with Gasteiger partial charge >= 0.3 is 5.97 Å². The molecule has 0 bridgehead atoms. The largest absolute Gasteiger partial charge is 0.455 e. The highest BCUT2D eigenvalue weighted by Gasteiger charge is 2.20. The van der Waals surface area contributed by atoms with Crippen molar-refractivity contribution in [3.05, 3.63) is 48.0 Å². The SMILES string of the molecule is C[C@H]1CC[C@@H](OC(=O)c2ccccc2)C=CC1=O. The molecule has 2 atom stereocenters. The summed E-state index contributed by atoms with van der Waals surface area (Å²) in [5.74, 6) is -0.220. The average molecular weight is 244 g/mol. The number of allylic oxidation sites excluding steroid dienone is 1. The summed E-state index contributed by atoms with van der Waals surface area (Å²) in [7, 11) is 0. The molecule has 94 valence electrons. The van der Waals surface area contributed by atoms with Gasteiger partial charge in [0.1, 0.15) is 6.10 Å². The van der Waals surface area contributed by atoms with Crippen LogP contribution in [-0.2, 0) is 9.53 Å². The van der Waals surface area contributed by atoms with Gasteiger partial charge in [0, 0.05) is 5.92 Å². The molecule has 0 saturated carbocycles. The zero-order chi connectivity index (χ0) is 13.0. The molecule has 0 aliphatic heterocycles. The first-order valence-corrected chi connectivity index (χ1v) is 6.15. The van der Waals surface area contributed by atoms with E-state index >= 15 is 0 Å². The first kappa shape index (κ1) is 12.6. The fourth-order valence-electron chi connectivity index (χ4n) is 1.90. The van der Waals surface area contributed by atoms with Gasteiger partial charge in [0.2, 0.25) is 0 Å². The second-order valence-electron chi connectivity index (χ2n) is 4.55. The third-order valence-corrected chi connectivity index (χ3v) is 3.11. The van der Waals surface area contributed by atoms with Crippen LogP contribution in [0.4, 0.5) is 0 Å². The quantitative estimate of drug-likeness (QED) is 0.751. The summed E-state index contributed by atoms with van der Waals surface area (Å²) in [5.41, 5.74) is 0.537. The number of carbonyl (C=O) groups excluding carboxylic acids is 2. The summed E-state index contributed by atoms with van der Waals surface area (Å²) in [6.45, 7) is 1.90. The zero-order valence-electron chi connectivity index (χ0n) is 10.3. The third-order valence-electron chi connectivity index (χ3n) is 3.11. The molecule has 0 amide bonds. The monoisotopic (exact) mass is 244 g/mol. The Morgan fingerprint density at radius 3 is 2.67 bits per heavy atom. The molecular weight excluding hydrogens is 228 g/mol. The van der Waals surface area contributed by atoms with Crippen molar-refractivity contribution in [1.29, 1.82) is 0 Å². The maximum Gasteiger partial charge on any atom is 0.338 e. The summed E-state index contributed by atoms with van der Waals surface area (Å²) in [6.07, 6.45) is 4.36. The Bertz CT molecular complexity index is 462. The van der Waals surface area contributed by atoms with Crippen molar-refractivity contribution in [2.45, 2.75) is 25.9 Å². The molecule has 0 unspecified atom stereocenters. The Labute approximate surface area is 106 Å². The Morgan fingerprint density at radius 2 is 1.94 bits per heavy atom. The van der Waals surface area contributed by atoms with E-state index in [-0.39, 0.29) is 23.8 Å². The van der Waals surface area contributed by atoms with Crippen molar-refractivity contribution >= 4 is 11.8 Å². The first-order chi connectivity index (χ1) is 8.66. The van der Waals surface area contributed by atoms with Crippen molar-refractivity contribution < 1.29 is 14.3 Å². The standard InChI is InChI=1S/C15H16O3/c1-11-7-8-13(9-10-14(11)16)18-15(17)12-5-3-2-4-6-12/h2-6,9-11,13H,7-8H2,1H3/t11-,13+/m0/s1. The predicted molar refractivity (Wildman–Crippen MR) is 68.2 cm³/mol. The summed E-state index contributed by atoms with van der Waals surface area (Å²) in [5, 5.41) is 0. The van der Waals surface area contributed by atoms with Gasteiger partial charge in [-0.15, -0.1) is 0 Å². The van der Waals surface area contributed by atoms with E-state index in [1.54, 1.807) is 30.3 Å². The lowest BCUT2D eigenvalue weighted by atomic mass is 10.0. The minimum Gasteiger partial charge on any atom is -0.455 e. The second kappa shape index (κ2) is 5.63. The van der Waals surface area contributed by atoms with Gasteiger partial charge in [-0.05, 0) is 37.1 Å². The van der Waals surface area contributed by atoms with Crippen LogP contribution < -0.4 is 0 Å². The van der Waals surface area contributed by atoms with E-state index in [1.165, 1.54) is 6.08 Å². The number of benzene rings is 1. The van der Waals surface area contributed by atoms with Crippen LogP contribution in [0.5, 0.6) is 0 Å². The summed E-state index contributed by atoms with van der Waals surface area (Å²) < 4.78 is 5.38. The molecule has 0 heterocycles. The van der Waals surface area contributed by atoms with Crippen LogP contribution in [0.1, 0.15) is 30.1 Å². The molecule has 1 aromatic rings. The second-order valence-corrected chi connectivity index (χ2v) is 4.55. The Kier molecular flexibility index (Phi) is 3.92. The lowest BCUT2D eigenvalue weighted by Gasteiger charge is -2.13. The topological polar surface area (TPSA) is 43.4 Å². The lowest BCUT2D eigenvalue weighted by Crippen LogP contribution is -2.16. The van der Waals surface area contributed by atoms with E-state index in [2.05, 4.69) is 0 Å². The van der Waals surface area contributed by atoms with Crippen molar-refractivity contribution in [3.63, 3.8) is 0 Å².